The number of aliphatic hydroxyl groups excluding tert-OH is 2. The van der Waals surface area contributed by atoms with Crippen molar-refractivity contribution >= 4 is 28.9 Å². The molecule has 2 aromatic carbocycles. The fraction of sp³-hybridized carbons (Fsp3) is 0.276. The molecular weight excluding hydrogens is 534 g/mol. The molecule has 0 aliphatic heterocycles. The number of nitrogens with zero attached hydrogens (tertiary/aromatic N) is 2. The first-order chi connectivity index (χ1) is 19.3. The molecule has 0 heterocycles. The molecule has 210 valence electrons. The molecule has 1 saturated carbocycles. The van der Waals surface area contributed by atoms with Crippen LogP contribution in [0.4, 0.5) is 5.69 Å². The summed E-state index contributed by atoms with van der Waals surface area (Å²) >= 11 is 0. The number of nitro benzene ring substituents is 1. The molecule has 41 heavy (non-hydrogen) atoms. The number of likely N-dealkylation sites (N-methyl/N-ethyl adjacent to an activating group) is 1. The third-order valence-corrected chi connectivity index (χ3v) is 8.02. The number of hydrogen-bond acceptors (Lipinski definition) is 10. The van der Waals surface area contributed by atoms with E-state index in [-0.39, 0.29) is 35.4 Å². The topological polar surface area (TPSA) is 205 Å². The van der Waals surface area contributed by atoms with Gasteiger partial charge in [-0.15, -0.1) is 0 Å². The van der Waals surface area contributed by atoms with Gasteiger partial charge in [-0.2, -0.15) is 0 Å². The number of fused-ring (bicyclic) bond motifs is 3. The molecule has 12 nitrogen and oxygen atoms in total. The van der Waals surface area contributed by atoms with Crippen molar-refractivity contribution in [3.8, 4) is 17.6 Å². The van der Waals surface area contributed by atoms with Crippen LogP contribution in [0.25, 0.3) is 5.76 Å². The summed E-state index contributed by atoms with van der Waals surface area (Å²) in [4.78, 5) is 51.0. The number of phenols is 1. The Labute approximate surface area is 233 Å². The van der Waals surface area contributed by atoms with E-state index >= 15 is 0 Å². The highest BCUT2D eigenvalue weighted by atomic mass is 16.6. The Kier molecular flexibility index (Phi) is 6.44. The number of nitro groups is 1. The Morgan fingerprint density at radius 1 is 1.10 bits per heavy atom. The SMILES string of the molecule is CN(C)[C@H]1C(=O)C(C(N)=O)=C(O)[C@]2(O)C(=O)C3=C(O)c4c(O)ccc(C#Cc5ccc([N+](=O)[O-])cc5)c4C[C@@H]3C[C@H]12. The first-order valence-electron chi connectivity index (χ1n) is 12.5. The average molecular weight is 560 g/mol. The number of primary amides is 1. The van der Waals surface area contributed by atoms with Crippen LogP contribution in [0.5, 0.6) is 5.75 Å². The summed E-state index contributed by atoms with van der Waals surface area (Å²) in [5, 5.41) is 55.4. The van der Waals surface area contributed by atoms with Crippen molar-refractivity contribution in [3.63, 3.8) is 0 Å². The Morgan fingerprint density at radius 3 is 2.34 bits per heavy atom. The molecular formula is C29H25N3O9. The third kappa shape index (κ3) is 4.05. The van der Waals surface area contributed by atoms with Crippen LogP contribution in [0.2, 0.25) is 0 Å². The van der Waals surface area contributed by atoms with Gasteiger partial charge < -0.3 is 26.2 Å². The van der Waals surface area contributed by atoms with Crippen molar-refractivity contribution in [1.29, 1.82) is 0 Å². The van der Waals surface area contributed by atoms with E-state index in [1.54, 1.807) is 0 Å². The zero-order valence-electron chi connectivity index (χ0n) is 21.9. The highest BCUT2D eigenvalue weighted by Gasteiger charge is 2.64. The van der Waals surface area contributed by atoms with Crippen LogP contribution >= 0.6 is 0 Å². The average Bonchev–Trinajstić information content (AvgIpc) is 2.90. The molecule has 4 atom stereocenters. The molecule has 3 aliphatic carbocycles. The number of ketones is 2. The smallest absolute Gasteiger partial charge is 0.269 e. The fourth-order valence-electron chi connectivity index (χ4n) is 6.17. The zero-order valence-corrected chi connectivity index (χ0v) is 21.9. The molecule has 1 fully saturated rings. The van der Waals surface area contributed by atoms with E-state index < -0.39 is 63.0 Å². The van der Waals surface area contributed by atoms with E-state index in [2.05, 4.69) is 11.8 Å². The van der Waals surface area contributed by atoms with Gasteiger partial charge in [-0.05, 0) is 62.7 Å². The number of carbonyl (C=O) groups is 3. The van der Waals surface area contributed by atoms with E-state index in [4.69, 9.17) is 5.73 Å². The molecule has 0 unspecified atom stereocenters. The maximum absolute atomic E-state index is 13.9. The molecule has 0 saturated heterocycles. The summed E-state index contributed by atoms with van der Waals surface area (Å²) < 4.78 is 0. The van der Waals surface area contributed by atoms with Crippen LogP contribution in [0.1, 0.15) is 28.7 Å². The van der Waals surface area contributed by atoms with Crippen molar-refractivity contribution in [3.05, 3.63) is 85.7 Å². The van der Waals surface area contributed by atoms with Gasteiger partial charge in [-0.3, -0.25) is 29.4 Å². The normalized spacial score (nSPS) is 25.2. The lowest BCUT2D eigenvalue weighted by molar-refractivity contribution is -0.384. The number of nitrogens with two attached hydrogens (primary N) is 1. The molecule has 3 aliphatic rings. The second kappa shape index (κ2) is 9.58. The highest BCUT2D eigenvalue weighted by molar-refractivity contribution is 6.24. The van der Waals surface area contributed by atoms with Crippen molar-refractivity contribution < 1.29 is 39.7 Å². The number of carbonyl (C=O) groups excluding carboxylic acids is 3. The van der Waals surface area contributed by atoms with Gasteiger partial charge >= 0.3 is 0 Å². The predicted molar refractivity (Wildman–Crippen MR) is 143 cm³/mol. The van der Waals surface area contributed by atoms with Crippen molar-refractivity contribution in [1.82, 2.24) is 4.90 Å². The number of aromatic hydroxyl groups is 1. The minimum Gasteiger partial charge on any atom is -0.508 e. The monoisotopic (exact) mass is 559 g/mol. The number of phenolic OH excluding ortho intramolecular Hbond substituents is 1. The number of benzene rings is 2. The Bertz CT molecular complexity index is 1680. The van der Waals surface area contributed by atoms with E-state index in [9.17, 15) is 44.9 Å². The van der Waals surface area contributed by atoms with E-state index in [1.807, 2.05) is 0 Å². The summed E-state index contributed by atoms with van der Waals surface area (Å²) in [5.41, 5.74) is 2.63. The Hall–Kier alpha value is -4.99. The second-order valence-electron chi connectivity index (χ2n) is 10.5. The van der Waals surface area contributed by atoms with E-state index in [0.717, 1.165) is 0 Å². The van der Waals surface area contributed by atoms with Crippen LogP contribution in [-0.2, 0) is 20.8 Å². The number of amides is 1. The Balaban J connectivity index is 1.64. The van der Waals surface area contributed by atoms with Gasteiger partial charge in [0.15, 0.2) is 11.4 Å². The first-order valence-corrected chi connectivity index (χ1v) is 12.5. The standard InChI is InChI=1S/C29H25N3O9/c1-31(2)23-18-12-15-11-17-14(6-3-13-4-8-16(9-5-13)32(40)41)7-10-19(33)21(17)24(34)20(15)26(36)29(18,39)27(37)22(25(23)35)28(30)38/h4-5,7-10,15,18,23,33-34,37,39H,11-12H2,1-2H3,(H2,30,38)/t15-,18-,23-,29-/m1/s1. The fourth-order valence-corrected chi connectivity index (χ4v) is 6.17. The summed E-state index contributed by atoms with van der Waals surface area (Å²) in [5.74, 6) is -1.42. The summed E-state index contributed by atoms with van der Waals surface area (Å²) in [6, 6.07) is 7.22. The number of hydrogen-bond donors (Lipinski definition) is 5. The van der Waals surface area contributed by atoms with Gasteiger partial charge in [0.1, 0.15) is 22.8 Å². The quantitative estimate of drug-likeness (QED) is 0.158. The molecule has 2 aromatic rings. The number of rotatable bonds is 3. The molecule has 0 bridgehead atoms. The van der Waals surface area contributed by atoms with Crippen molar-refractivity contribution in [2.75, 3.05) is 14.1 Å². The molecule has 12 heteroatoms. The van der Waals surface area contributed by atoms with Crippen LogP contribution < -0.4 is 5.73 Å². The van der Waals surface area contributed by atoms with Gasteiger partial charge in [-0.25, -0.2) is 0 Å². The summed E-state index contributed by atoms with van der Waals surface area (Å²) in [6.45, 7) is 0. The maximum Gasteiger partial charge on any atom is 0.269 e. The number of aliphatic hydroxyl groups is 3. The van der Waals surface area contributed by atoms with E-state index in [0.29, 0.717) is 16.7 Å². The lowest BCUT2D eigenvalue weighted by Crippen LogP contribution is -2.65. The van der Waals surface area contributed by atoms with Crippen LogP contribution in [0.15, 0.2) is 53.3 Å². The van der Waals surface area contributed by atoms with Crippen LogP contribution in [-0.4, -0.2) is 73.5 Å². The third-order valence-electron chi connectivity index (χ3n) is 8.02. The summed E-state index contributed by atoms with van der Waals surface area (Å²) in [7, 11) is 3.05. The molecule has 0 aromatic heterocycles. The lowest BCUT2D eigenvalue weighted by atomic mass is 9.57. The number of non-ortho nitro benzene ring substituents is 1. The minimum atomic E-state index is -2.71. The minimum absolute atomic E-state index is 0.0450. The first kappa shape index (κ1) is 27.6. The molecule has 0 radical (unpaired) electrons. The second-order valence-corrected chi connectivity index (χ2v) is 10.5. The van der Waals surface area contributed by atoms with Crippen molar-refractivity contribution in [2.24, 2.45) is 17.6 Å². The van der Waals surface area contributed by atoms with Gasteiger partial charge in [0.2, 0.25) is 5.78 Å². The predicted octanol–water partition coefficient (Wildman–Crippen LogP) is 1.27. The zero-order chi connectivity index (χ0) is 30.0. The lowest BCUT2D eigenvalue weighted by Gasteiger charge is -2.50. The summed E-state index contributed by atoms with van der Waals surface area (Å²) in [6.07, 6.45) is 0.0455. The molecule has 1 amide bonds. The Morgan fingerprint density at radius 2 is 1.76 bits per heavy atom. The number of Topliss-reactive ketones (excluding diaryl/α,β-unsaturated/α-hetero) is 2. The maximum atomic E-state index is 13.9. The van der Waals surface area contributed by atoms with Crippen molar-refractivity contribution in [2.45, 2.75) is 24.5 Å². The van der Waals surface area contributed by atoms with Crippen LogP contribution in [0, 0.1) is 33.8 Å². The van der Waals surface area contributed by atoms with Gasteiger partial charge in [-0.1, -0.05) is 11.8 Å². The highest BCUT2D eigenvalue weighted by Crippen LogP contribution is 2.52. The van der Waals surface area contributed by atoms with Gasteiger partial charge in [0.05, 0.1) is 16.5 Å². The van der Waals surface area contributed by atoms with Gasteiger partial charge in [0, 0.05) is 34.8 Å². The molecule has 0 spiro atoms. The largest absolute Gasteiger partial charge is 0.508 e. The molecule has 5 rings (SSSR count). The molecule has 6 N–H and O–H groups in total. The van der Waals surface area contributed by atoms with Gasteiger partial charge in [0.25, 0.3) is 11.6 Å². The van der Waals surface area contributed by atoms with E-state index in [1.165, 1.54) is 55.4 Å². The van der Waals surface area contributed by atoms with Crippen LogP contribution in [0.3, 0.4) is 0 Å².